The molecule has 1 aromatic heterocycles. The second kappa shape index (κ2) is 10.7. The molecule has 2 heterocycles. The number of aryl methyl sites for hydroxylation is 3. The molecular weight excluding hydrogens is 448 g/mol. The van der Waals surface area contributed by atoms with Crippen LogP contribution in [0.2, 0.25) is 0 Å². The predicted octanol–water partition coefficient (Wildman–Crippen LogP) is 4.75. The molecule has 0 atom stereocenters. The van der Waals surface area contributed by atoms with Gasteiger partial charge in [-0.05, 0) is 61.6 Å². The molecule has 8 heteroatoms. The van der Waals surface area contributed by atoms with Crippen LogP contribution in [0.4, 0.5) is 5.69 Å². The summed E-state index contributed by atoms with van der Waals surface area (Å²) < 4.78 is 29.6. The zero-order valence-electron chi connectivity index (χ0n) is 20.1. The van der Waals surface area contributed by atoms with Crippen LogP contribution in [0.1, 0.15) is 57.3 Å². The molecule has 0 saturated carbocycles. The number of carbonyl (C=O) groups is 1. The van der Waals surface area contributed by atoms with Gasteiger partial charge in [0.05, 0.1) is 15.9 Å². The van der Waals surface area contributed by atoms with Crippen molar-refractivity contribution in [1.82, 2.24) is 13.9 Å². The van der Waals surface area contributed by atoms with Crippen molar-refractivity contribution in [1.29, 1.82) is 0 Å². The van der Waals surface area contributed by atoms with Gasteiger partial charge in [-0.15, -0.1) is 0 Å². The van der Waals surface area contributed by atoms with Crippen LogP contribution in [-0.2, 0) is 34.2 Å². The van der Waals surface area contributed by atoms with Crippen LogP contribution in [0.3, 0.4) is 0 Å². The fraction of sp³-hybridized carbons (Fsp3) is 0.462. The highest BCUT2D eigenvalue weighted by atomic mass is 32.2. The van der Waals surface area contributed by atoms with Crippen molar-refractivity contribution in [2.45, 2.75) is 70.2 Å². The Morgan fingerprint density at radius 3 is 2.41 bits per heavy atom. The lowest BCUT2D eigenvalue weighted by molar-refractivity contribution is -0.116. The van der Waals surface area contributed by atoms with E-state index in [1.54, 1.807) is 16.4 Å². The van der Waals surface area contributed by atoms with Gasteiger partial charge < -0.3 is 9.88 Å². The first-order chi connectivity index (χ1) is 16.4. The van der Waals surface area contributed by atoms with E-state index in [9.17, 15) is 13.2 Å². The van der Waals surface area contributed by atoms with Gasteiger partial charge in [0, 0.05) is 38.2 Å². The number of benzene rings is 2. The van der Waals surface area contributed by atoms with E-state index in [2.05, 4.69) is 23.7 Å². The maximum absolute atomic E-state index is 13.0. The second-order valence-corrected chi connectivity index (χ2v) is 10.9. The number of amides is 1. The summed E-state index contributed by atoms with van der Waals surface area (Å²) in [4.78, 5) is 17.6. The molecule has 0 radical (unpaired) electrons. The molecule has 1 fully saturated rings. The zero-order valence-corrected chi connectivity index (χ0v) is 20.9. The second-order valence-electron chi connectivity index (χ2n) is 8.94. The van der Waals surface area contributed by atoms with E-state index in [4.69, 9.17) is 4.98 Å². The number of sulfonamides is 1. The number of hydrogen-bond acceptors (Lipinski definition) is 4. The monoisotopic (exact) mass is 482 g/mol. The third kappa shape index (κ3) is 5.33. The minimum absolute atomic E-state index is 0.0596. The number of imidazole rings is 1. The fourth-order valence-corrected chi connectivity index (χ4v) is 6.09. The van der Waals surface area contributed by atoms with Gasteiger partial charge >= 0.3 is 0 Å². The molecule has 1 N–H and O–H groups in total. The topological polar surface area (TPSA) is 84.3 Å². The molecular formula is C26H34N4O3S. The molecule has 0 spiro atoms. The van der Waals surface area contributed by atoms with E-state index in [1.165, 1.54) is 5.56 Å². The number of aromatic nitrogens is 2. The van der Waals surface area contributed by atoms with Gasteiger partial charge in [0.2, 0.25) is 15.9 Å². The van der Waals surface area contributed by atoms with Crippen LogP contribution in [0.15, 0.2) is 47.4 Å². The van der Waals surface area contributed by atoms with Gasteiger partial charge in [0.25, 0.3) is 0 Å². The van der Waals surface area contributed by atoms with Gasteiger partial charge in [-0.3, -0.25) is 4.79 Å². The van der Waals surface area contributed by atoms with Crippen LogP contribution in [0, 0.1) is 0 Å². The minimum atomic E-state index is -3.49. The van der Waals surface area contributed by atoms with Crippen molar-refractivity contribution >= 4 is 32.7 Å². The highest BCUT2D eigenvalue weighted by Gasteiger charge is 2.27. The lowest BCUT2D eigenvalue weighted by Gasteiger charge is -2.15. The summed E-state index contributed by atoms with van der Waals surface area (Å²) in [6.45, 7) is 6.16. The van der Waals surface area contributed by atoms with Gasteiger partial charge in [-0.1, -0.05) is 32.4 Å². The van der Waals surface area contributed by atoms with Crippen LogP contribution in [0.25, 0.3) is 11.0 Å². The summed E-state index contributed by atoms with van der Waals surface area (Å²) in [6, 6.07) is 13.2. The Balaban J connectivity index is 1.49. The molecule has 34 heavy (non-hydrogen) atoms. The van der Waals surface area contributed by atoms with Crippen LogP contribution in [0.5, 0.6) is 0 Å². The number of rotatable bonds is 10. The first kappa shape index (κ1) is 24.4. The highest BCUT2D eigenvalue weighted by Crippen LogP contribution is 2.26. The predicted molar refractivity (Wildman–Crippen MR) is 135 cm³/mol. The third-order valence-corrected chi connectivity index (χ3v) is 8.20. The number of anilines is 1. The third-order valence-electron chi connectivity index (χ3n) is 6.30. The van der Waals surface area contributed by atoms with Crippen molar-refractivity contribution in [3.8, 4) is 0 Å². The summed E-state index contributed by atoms with van der Waals surface area (Å²) in [5.41, 5.74) is 3.63. The van der Waals surface area contributed by atoms with Gasteiger partial charge in [0.1, 0.15) is 5.82 Å². The molecule has 0 aliphatic carbocycles. The van der Waals surface area contributed by atoms with Crippen molar-refractivity contribution in [3.05, 3.63) is 53.9 Å². The molecule has 3 aromatic rings. The lowest BCUT2D eigenvalue weighted by atomic mass is 10.1. The number of hydrogen-bond donors (Lipinski definition) is 1. The summed E-state index contributed by atoms with van der Waals surface area (Å²) >= 11 is 0. The van der Waals surface area contributed by atoms with E-state index >= 15 is 0 Å². The normalized spacial score (nSPS) is 14.6. The minimum Gasteiger partial charge on any atom is -0.328 e. The SMILES string of the molecule is CCCc1ccc(NC(=O)CCc2nc3cc(S(=O)(=O)N4CCCC4)ccc3n2CCC)cc1. The molecule has 0 unspecified atom stereocenters. The molecule has 1 saturated heterocycles. The number of fused-ring (bicyclic) bond motifs is 1. The maximum Gasteiger partial charge on any atom is 0.243 e. The van der Waals surface area contributed by atoms with E-state index in [-0.39, 0.29) is 5.91 Å². The van der Waals surface area contributed by atoms with Gasteiger partial charge in [-0.2, -0.15) is 4.31 Å². The standard InChI is InChI=1S/C26H34N4O3S/c1-3-7-20-8-10-21(11-9-20)27-26(31)15-14-25-28-23-19-22(12-13-24(23)30(25)16-4-2)34(32,33)29-17-5-6-18-29/h8-13,19H,3-7,14-18H2,1-2H3,(H,27,31). The molecule has 2 aromatic carbocycles. The van der Waals surface area contributed by atoms with E-state index in [0.717, 1.165) is 55.7 Å². The molecule has 1 aliphatic heterocycles. The molecule has 7 nitrogen and oxygen atoms in total. The van der Waals surface area contributed by atoms with Crippen molar-refractivity contribution in [2.24, 2.45) is 0 Å². The van der Waals surface area contributed by atoms with Crippen molar-refractivity contribution < 1.29 is 13.2 Å². The maximum atomic E-state index is 13.0. The van der Waals surface area contributed by atoms with E-state index in [0.29, 0.717) is 36.3 Å². The molecule has 0 bridgehead atoms. The molecule has 1 aliphatic rings. The fourth-order valence-electron chi connectivity index (χ4n) is 4.55. The highest BCUT2D eigenvalue weighted by molar-refractivity contribution is 7.89. The summed E-state index contributed by atoms with van der Waals surface area (Å²) in [6.07, 6.45) is 5.65. The Hall–Kier alpha value is -2.71. The average Bonchev–Trinajstić information content (AvgIpc) is 3.48. The Morgan fingerprint density at radius 2 is 1.74 bits per heavy atom. The summed E-state index contributed by atoms with van der Waals surface area (Å²) in [7, 11) is -3.49. The van der Waals surface area contributed by atoms with Crippen LogP contribution < -0.4 is 5.32 Å². The Kier molecular flexibility index (Phi) is 7.68. The molecule has 182 valence electrons. The van der Waals surface area contributed by atoms with Crippen LogP contribution >= 0.6 is 0 Å². The van der Waals surface area contributed by atoms with Gasteiger partial charge in [0.15, 0.2) is 0 Å². The smallest absolute Gasteiger partial charge is 0.243 e. The van der Waals surface area contributed by atoms with Crippen molar-refractivity contribution in [2.75, 3.05) is 18.4 Å². The first-order valence-corrected chi connectivity index (χ1v) is 13.7. The van der Waals surface area contributed by atoms with Gasteiger partial charge in [-0.25, -0.2) is 13.4 Å². The Labute approximate surface area is 202 Å². The Morgan fingerprint density at radius 1 is 1.00 bits per heavy atom. The lowest BCUT2D eigenvalue weighted by Crippen LogP contribution is -2.27. The van der Waals surface area contributed by atoms with Crippen LogP contribution in [-0.4, -0.2) is 41.3 Å². The quantitative estimate of drug-likeness (QED) is 0.452. The van der Waals surface area contributed by atoms with Crippen molar-refractivity contribution in [3.63, 3.8) is 0 Å². The zero-order chi connectivity index (χ0) is 24.1. The van der Waals surface area contributed by atoms with E-state index < -0.39 is 10.0 Å². The largest absolute Gasteiger partial charge is 0.328 e. The molecule has 1 amide bonds. The summed E-state index contributed by atoms with van der Waals surface area (Å²) in [5.74, 6) is 0.747. The average molecular weight is 483 g/mol. The summed E-state index contributed by atoms with van der Waals surface area (Å²) in [5, 5.41) is 2.97. The number of nitrogens with one attached hydrogen (secondary N) is 1. The molecule has 4 rings (SSSR count). The number of nitrogens with zero attached hydrogens (tertiary/aromatic N) is 3. The number of carbonyl (C=O) groups excluding carboxylic acids is 1. The van der Waals surface area contributed by atoms with E-state index in [1.807, 2.05) is 30.3 Å². The Bertz CT molecular complexity index is 1240. The first-order valence-electron chi connectivity index (χ1n) is 12.3.